The molecule has 0 aliphatic rings. The van der Waals surface area contributed by atoms with Crippen molar-refractivity contribution < 1.29 is 32.8 Å². The lowest BCUT2D eigenvalue weighted by atomic mass is 10.0. The Morgan fingerprint density at radius 3 is 1.49 bits per heavy atom. The molecule has 0 rings (SSSR count). The average Bonchev–Trinajstić information content (AvgIpc) is 3.15. The predicted molar refractivity (Wildman–Crippen MR) is 224 cm³/mol. The van der Waals surface area contributed by atoms with Crippen molar-refractivity contribution in [2.45, 2.75) is 219 Å². The molecule has 0 aliphatic heterocycles. The van der Waals surface area contributed by atoms with Gasteiger partial charge < -0.3 is 20.1 Å². The summed E-state index contributed by atoms with van der Waals surface area (Å²) in [5.74, 6) is -0.335. The highest BCUT2D eigenvalue weighted by atomic mass is 31.2. The maximum absolute atomic E-state index is 12.6. The van der Waals surface area contributed by atoms with E-state index in [9.17, 15) is 14.3 Å². The van der Waals surface area contributed by atoms with Crippen LogP contribution >= 0.6 is 7.82 Å². The zero-order valence-corrected chi connectivity index (χ0v) is 35.7. The van der Waals surface area contributed by atoms with Crippen LogP contribution in [0.4, 0.5) is 0 Å². The molecule has 0 fully saturated rings. The molecule has 0 saturated heterocycles. The number of nitrogens with two attached hydrogens (primary N) is 1. The summed E-state index contributed by atoms with van der Waals surface area (Å²) in [6, 6.07) is 0. The van der Waals surface area contributed by atoms with Crippen molar-refractivity contribution in [3.8, 4) is 0 Å². The quantitative estimate of drug-likeness (QED) is 0.0272. The topological polar surface area (TPSA) is 117 Å². The van der Waals surface area contributed by atoms with Gasteiger partial charge >= 0.3 is 13.8 Å². The van der Waals surface area contributed by atoms with E-state index in [0.717, 1.165) is 44.9 Å². The number of phosphoric ester groups is 1. The number of esters is 1. The molecule has 0 aromatic rings. The number of hydrogen-bond acceptors (Lipinski definition) is 7. The lowest BCUT2D eigenvalue weighted by molar-refractivity contribution is -0.154. The van der Waals surface area contributed by atoms with Crippen LogP contribution in [0.2, 0.25) is 0 Å². The number of hydrogen-bond donors (Lipinski definition) is 2. The third-order valence-electron chi connectivity index (χ3n) is 9.62. The summed E-state index contributed by atoms with van der Waals surface area (Å²) in [5.41, 5.74) is 5.37. The van der Waals surface area contributed by atoms with Crippen molar-refractivity contribution in [1.29, 1.82) is 0 Å². The summed E-state index contributed by atoms with van der Waals surface area (Å²) < 4.78 is 33.5. The predicted octanol–water partition coefficient (Wildman–Crippen LogP) is 13.3. The Labute approximate surface area is 327 Å². The van der Waals surface area contributed by atoms with E-state index in [0.29, 0.717) is 13.0 Å². The van der Waals surface area contributed by atoms with Gasteiger partial charge in [0.1, 0.15) is 6.10 Å². The van der Waals surface area contributed by atoms with Crippen LogP contribution in [0.1, 0.15) is 213 Å². The van der Waals surface area contributed by atoms with Crippen LogP contribution in [0.25, 0.3) is 0 Å². The van der Waals surface area contributed by atoms with E-state index in [-0.39, 0.29) is 32.3 Å². The van der Waals surface area contributed by atoms with E-state index in [1.165, 1.54) is 148 Å². The van der Waals surface area contributed by atoms with Crippen molar-refractivity contribution >= 4 is 13.8 Å². The van der Waals surface area contributed by atoms with Crippen LogP contribution < -0.4 is 5.73 Å². The molecule has 0 saturated carbocycles. The first-order valence-electron chi connectivity index (χ1n) is 22.3. The maximum atomic E-state index is 12.6. The molecule has 314 valence electrons. The minimum absolute atomic E-state index is 0.0950. The molecule has 2 unspecified atom stereocenters. The number of unbranched alkanes of at least 4 members (excludes halogenated alkanes) is 26. The van der Waals surface area contributed by atoms with Crippen LogP contribution in [-0.4, -0.2) is 49.9 Å². The van der Waals surface area contributed by atoms with Gasteiger partial charge in [-0.15, -0.1) is 0 Å². The summed E-state index contributed by atoms with van der Waals surface area (Å²) in [7, 11) is -4.27. The molecule has 0 amide bonds. The number of carbonyl (C=O) groups excluding carboxylic acids is 1. The molecule has 0 aliphatic carbocycles. The van der Waals surface area contributed by atoms with Crippen molar-refractivity contribution in [2.24, 2.45) is 5.73 Å². The van der Waals surface area contributed by atoms with Crippen LogP contribution in [0.15, 0.2) is 24.3 Å². The molecule has 8 nitrogen and oxygen atoms in total. The van der Waals surface area contributed by atoms with Crippen molar-refractivity contribution in [3.63, 3.8) is 0 Å². The third-order valence-corrected chi connectivity index (χ3v) is 10.6. The van der Waals surface area contributed by atoms with Crippen LogP contribution in [0.3, 0.4) is 0 Å². The van der Waals surface area contributed by atoms with E-state index in [4.69, 9.17) is 24.3 Å². The Hall–Kier alpha value is -1.02. The van der Waals surface area contributed by atoms with Gasteiger partial charge in [-0.2, -0.15) is 0 Å². The summed E-state index contributed by atoms with van der Waals surface area (Å²) in [6.07, 6.45) is 46.2. The van der Waals surface area contributed by atoms with Gasteiger partial charge in [0.15, 0.2) is 0 Å². The number of rotatable bonds is 43. The average molecular weight is 772 g/mol. The molecule has 3 N–H and O–H groups in total. The van der Waals surface area contributed by atoms with Gasteiger partial charge in [-0.1, -0.05) is 186 Å². The molecule has 53 heavy (non-hydrogen) atoms. The molecular formula is C44H86NO7P. The summed E-state index contributed by atoms with van der Waals surface area (Å²) in [6.45, 7) is 4.93. The molecule has 0 spiro atoms. The minimum Gasteiger partial charge on any atom is -0.457 e. The van der Waals surface area contributed by atoms with Gasteiger partial charge in [0.25, 0.3) is 0 Å². The highest BCUT2D eigenvalue weighted by Crippen LogP contribution is 2.43. The largest absolute Gasteiger partial charge is 0.472 e. The Kier molecular flexibility index (Phi) is 41.3. The second-order valence-corrected chi connectivity index (χ2v) is 16.4. The second-order valence-electron chi connectivity index (χ2n) is 14.9. The van der Waals surface area contributed by atoms with Gasteiger partial charge in [-0.3, -0.25) is 13.8 Å². The zero-order chi connectivity index (χ0) is 38.8. The fourth-order valence-corrected chi connectivity index (χ4v) is 7.09. The van der Waals surface area contributed by atoms with Gasteiger partial charge in [0.2, 0.25) is 0 Å². The number of phosphoric acid groups is 1. The Bertz CT molecular complexity index is 869. The fraction of sp³-hybridized carbons (Fsp3) is 0.886. The Balaban J connectivity index is 4.01. The minimum atomic E-state index is -4.27. The molecule has 0 aromatic heterocycles. The maximum Gasteiger partial charge on any atom is 0.472 e. The van der Waals surface area contributed by atoms with Gasteiger partial charge in [-0.25, -0.2) is 4.57 Å². The van der Waals surface area contributed by atoms with Gasteiger partial charge in [0, 0.05) is 19.6 Å². The molecule has 9 heteroatoms. The third kappa shape index (κ3) is 42.0. The smallest absolute Gasteiger partial charge is 0.457 e. The standard InChI is InChI=1S/C44H86NO7P/c1-3-5-7-9-11-13-15-17-19-21-22-23-25-27-29-31-33-35-37-44(46)52-43(42-51-53(47,48)50-40-38-45)41-49-39-36-34-32-30-28-26-24-20-18-16-14-12-10-8-6-4-2/h13,15,19,21,43H,3-12,14,16-18,20,22-42,45H2,1-2H3,(H,47,48)/b15-13-,21-19-. The van der Waals surface area contributed by atoms with Crippen molar-refractivity contribution in [3.05, 3.63) is 24.3 Å². The van der Waals surface area contributed by atoms with Gasteiger partial charge in [-0.05, 0) is 44.9 Å². The van der Waals surface area contributed by atoms with Crippen molar-refractivity contribution in [1.82, 2.24) is 0 Å². The summed E-state index contributed by atoms with van der Waals surface area (Å²) in [4.78, 5) is 22.5. The highest BCUT2D eigenvalue weighted by molar-refractivity contribution is 7.47. The second kappa shape index (κ2) is 42.1. The van der Waals surface area contributed by atoms with E-state index in [1.807, 2.05) is 0 Å². The SMILES string of the molecule is CCCCCC/C=C\C/C=C\CCCCCCCCCC(=O)OC(COCCCCCCCCCCCCCCCCCC)COP(=O)(O)OCCN. The first kappa shape index (κ1) is 52.0. The highest BCUT2D eigenvalue weighted by Gasteiger charge is 2.25. The van der Waals surface area contributed by atoms with Crippen LogP contribution in [0, 0.1) is 0 Å². The Morgan fingerprint density at radius 1 is 0.566 bits per heavy atom. The lowest BCUT2D eigenvalue weighted by Crippen LogP contribution is -2.28. The van der Waals surface area contributed by atoms with Gasteiger partial charge in [0.05, 0.1) is 19.8 Å². The van der Waals surface area contributed by atoms with E-state index < -0.39 is 13.9 Å². The summed E-state index contributed by atoms with van der Waals surface area (Å²) in [5, 5.41) is 0. The van der Waals surface area contributed by atoms with Crippen molar-refractivity contribution in [2.75, 3.05) is 33.0 Å². The monoisotopic (exact) mass is 772 g/mol. The normalized spacial score (nSPS) is 13.7. The molecular weight excluding hydrogens is 685 g/mol. The van der Waals surface area contributed by atoms with Crippen LogP contribution in [0.5, 0.6) is 0 Å². The van der Waals surface area contributed by atoms with E-state index >= 15 is 0 Å². The molecule has 0 radical (unpaired) electrons. The molecule has 2 atom stereocenters. The zero-order valence-electron chi connectivity index (χ0n) is 34.8. The fourth-order valence-electron chi connectivity index (χ4n) is 6.32. The first-order chi connectivity index (χ1) is 25.9. The van der Waals surface area contributed by atoms with E-state index in [1.54, 1.807) is 0 Å². The number of ether oxygens (including phenoxy) is 2. The lowest BCUT2D eigenvalue weighted by Gasteiger charge is -2.20. The van der Waals surface area contributed by atoms with E-state index in [2.05, 4.69) is 38.2 Å². The number of allylic oxidation sites excluding steroid dienone is 4. The summed E-state index contributed by atoms with van der Waals surface area (Å²) >= 11 is 0. The molecule has 0 bridgehead atoms. The molecule has 0 heterocycles. The van der Waals surface area contributed by atoms with Crippen LogP contribution in [-0.2, 0) is 27.9 Å². The number of carbonyl (C=O) groups is 1. The molecule has 0 aromatic carbocycles. The first-order valence-corrected chi connectivity index (χ1v) is 23.8. The Morgan fingerprint density at radius 2 is 1.00 bits per heavy atom.